The van der Waals surface area contributed by atoms with Crippen molar-refractivity contribution in [2.75, 3.05) is 11.1 Å². The summed E-state index contributed by atoms with van der Waals surface area (Å²) in [6, 6.07) is 5.50. The lowest BCUT2D eigenvalue weighted by atomic mass is 10.3. The molecular formula is C15H9Cl3F2N4O2S. The number of hydrogen-bond acceptors (Lipinski definition) is 5. The van der Waals surface area contributed by atoms with E-state index in [1.54, 1.807) is 16.7 Å². The minimum atomic E-state index is -2.99. The number of thioether (sulfide) groups is 1. The Morgan fingerprint density at radius 3 is 2.70 bits per heavy atom. The molecular weight excluding hydrogens is 445 g/mol. The number of nitrogens with zero attached hydrogens (tertiary/aromatic N) is 3. The van der Waals surface area contributed by atoms with E-state index in [0.717, 1.165) is 11.8 Å². The standard InChI is InChI=1S/C15H9Cl3F2N4O2S/c16-7-3-10(18)13-22-23-15(24(13)5-7)27-6-12(25)21-8-1-2-11(9(17)4-8)26-14(19)20/h1-5,14H,6H2,(H,21,25). The summed E-state index contributed by atoms with van der Waals surface area (Å²) in [6.07, 6.45) is 1.59. The van der Waals surface area contributed by atoms with Gasteiger partial charge in [-0.15, -0.1) is 10.2 Å². The number of carbonyl (C=O) groups excluding carboxylic acids is 1. The lowest BCUT2D eigenvalue weighted by Gasteiger charge is -2.09. The highest BCUT2D eigenvalue weighted by molar-refractivity contribution is 7.99. The van der Waals surface area contributed by atoms with E-state index in [1.165, 1.54) is 18.2 Å². The number of rotatable bonds is 6. The van der Waals surface area contributed by atoms with Crippen molar-refractivity contribution in [2.24, 2.45) is 0 Å². The zero-order valence-corrected chi connectivity index (χ0v) is 16.2. The van der Waals surface area contributed by atoms with Gasteiger partial charge < -0.3 is 10.1 Å². The molecule has 0 aliphatic rings. The van der Waals surface area contributed by atoms with Crippen molar-refractivity contribution in [3.05, 3.63) is 45.5 Å². The Kier molecular flexibility index (Phi) is 6.25. The third kappa shape index (κ3) is 4.92. The summed E-state index contributed by atoms with van der Waals surface area (Å²) in [5.74, 6) is -0.524. The fraction of sp³-hybridized carbons (Fsp3) is 0.133. The van der Waals surface area contributed by atoms with Crippen molar-refractivity contribution in [3.63, 3.8) is 0 Å². The van der Waals surface area contributed by atoms with E-state index in [2.05, 4.69) is 20.3 Å². The van der Waals surface area contributed by atoms with Crippen LogP contribution in [0, 0.1) is 0 Å². The summed E-state index contributed by atoms with van der Waals surface area (Å²) in [7, 11) is 0. The highest BCUT2D eigenvalue weighted by Crippen LogP contribution is 2.29. The van der Waals surface area contributed by atoms with Crippen LogP contribution in [0.5, 0.6) is 5.75 Å². The van der Waals surface area contributed by atoms with Crippen LogP contribution in [0.25, 0.3) is 5.65 Å². The maximum atomic E-state index is 12.2. The Bertz CT molecular complexity index is 1000. The Hall–Kier alpha value is -1.81. The maximum Gasteiger partial charge on any atom is 0.387 e. The Balaban J connectivity index is 1.64. The van der Waals surface area contributed by atoms with Crippen LogP contribution in [0.4, 0.5) is 14.5 Å². The summed E-state index contributed by atoms with van der Waals surface area (Å²) in [6.45, 7) is -2.99. The van der Waals surface area contributed by atoms with Crippen molar-refractivity contribution in [1.82, 2.24) is 14.6 Å². The van der Waals surface area contributed by atoms with Gasteiger partial charge in [-0.05, 0) is 24.3 Å². The van der Waals surface area contributed by atoms with Crippen LogP contribution >= 0.6 is 46.6 Å². The maximum absolute atomic E-state index is 12.2. The molecule has 0 aliphatic heterocycles. The average Bonchev–Trinajstić information content (AvgIpc) is 2.98. The van der Waals surface area contributed by atoms with Gasteiger partial charge in [-0.25, -0.2) is 0 Å². The monoisotopic (exact) mass is 452 g/mol. The van der Waals surface area contributed by atoms with Crippen molar-refractivity contribution in [2.45, 2.75) is 11.8 Å². The van der Waals surface area contributed by atoms with Gasteiger partial charge in [0, 0.05) is 11.9 Å². The van der Waals surface area contributed by atoms with Crippen LogP contribution in [0.2, 0.25) is 15.1 Å². The molecule has 3 rings (SSSR count). The summed E-state index contributed by atoms with van der Waals surface area (Å²) in [5.41, 5.74) is 0.759. The molecule has 2 heterocycles. The SMILES string of the molecule is O=C(CSc1nnc2c(Cl)cc(Cl)cn12)Nc1ccc(OC(F)F)c(Cl)c1. The van der Waals surface area contributed by atoms with E-state index in [1.807, 2.05) is 0 Å². The second-order valence-corrected chi connectivity index (χ2v) is 7.24. The van der Waals surface area contributed by atoms with Gasteiger partial charge in [0.05, 0.1) is 20.8 Å². The van der Waals surface area contributed by atoms with Gasteiger partial charge >= 0.3 is 6.61 Å². The number of aromatic nitrogens is 3. The molecule has 3 aromatic rings. The Morgan fingerprint density at radius 1 is 1.22 bits per heavy atom. The number of nitrogens with one attached hydrogen (secondary N) is 1. The summed E-state index contributed by atoms with van der Waals surface area (Å²) >= 11 is 19.0. The fourth-order valence-corrected chi connectivity index (χ4v) is 3.54. The Labute approximate surface area is 170 Å². The molecule has 0 atom stereocenters. The van der Waals surface area contributed by atoms with Crippen LogP contribution in [0.15, 0.2) is 35.6 Å². The Morgan fingerprint density at radius 2 is 2.00 bits per heavy atom. The van der Waals surface area contributed by atoms with E-state index in [-0.39, 0.29) is 22.4 Å². The number of hydrogen-bond donors (Lipinski definition) is 1. The lowest BCUT2D eigenvalue weighted by molar-refractivity contribution is -0.113. The molecule has 1 amide bonds. The predicted octanol–water partition coefficient (Wildman–Crippen LogP) is 5.02. The number of amides is 1. The number of fused-ring (bicyclic) bond motifs is 1. The molecule has 0 saturated heterocycles. The number of ether oxygens (including phenoxy) is 1. The zero-order valence-electron chi connectivity index (χ0n) is 13.1. The van der Waals surface area contributed by atoms with Gasteiger partial charge in [0.25, 0.3) is 0 Å². The zero-order chi connectivity index (χ0) is 19.6. The first kappa shape index (κ1) is 19.9. The van der Waals surface area contributed by atoms with Gasteiger partial charge in [0.2, 0.25) is 5.91 Å². The number of carbonyl (C=O) groups is 1. The predicted molar refractivity (Wildman–Crippen MR) is 100 cm³/mol. The van der Waals surface area contributed by atoms with E-state index >= 15 is 0 Å². The van der Waals surface area contributed by atoms with E-state index in [0.29, 0.717) is 26.5 Å². The summed E-state index contributed by atoms with van der Waals surface area (Å²) in [4.78, 5) is 12.1. The van der Waals surface area contributed by atoms with Gasteiger partial charge in [-0.1, -0.05) is 46.6 Å². The van der Waals surface area contributed by atoms with Crippen LogP contribution in [-0.4, -0.2) is 32.9 Å². The molecule has 0 aliphatic carbocycles. The molecule has 0 unspecified atom stereocenters. The molecule has 0 bridgehead atoms. The van der Waals surface area contributed by atoms with Crippen LogP contribution in [0.1, 0.15) is 0 Å². The summed E-state index contributed by atoms with van der Waals surface area (Å²) < 4.78 is 30.3. The molecule has 1 N–H and O–H groups in total. The van der Waals surface area contributed by atoms with Crippen molar-refractivity contribution in [3.8, 4) is 5.75 Å². The molecule has 0 fully saturated rings. The van der Waals surface area contributed by atoms with E-state index in [9.17, 15) is 13.6 Å². The van der Waals surface area contributed by atoms with Gasteiger partial charge in [-0.3, -0.25) is 9.20 Å². The second kappa shape index (κ2) is 8.47. The number of halogens is 5. The van der Waals surface area contributed by atoms with Crippen LogP contribution in [-0.2, 0) is 4.79 Å². The average molecular weight is 454 g/mol. The molecule has 1 aromatic carbocycles. The first-order chi connectivity index (χ1) is 12.8. The number of benzene rings is 1. The quantitative estimate of drug-likeness (QED) is 0.531. The molecule has 0 radical (unpaired) electrons. The third-order valence-electron chi connectivity index (χ3n) is 3.16. The highest BCUT2D eigenvalue weighted by atomic mass is 35.5. The van der Waals surface area contributed by atoms with Crippen LogP contribution < -0.4 is 10.1 Å². The smallest absolute Gasteiger partial charge is 0.387 e. The fourth-order valence-electron chi connectivity index (χ4n) is 2.10. The molecule has 27 heavy (non-hydrogen) atoms. The van der Waals surface area contributed by atoms with Crippen molar-refractivity contribution in [1.29, 1.82) is 0 Å². The number of anilines is 1. The van der Waals surface area contributed by atoms with Gasteiger partial charge in [0.1, 0.15) is 5.75 Å². The minimum absolute atomic E-state index is 0.0117. The largest absolute Gasteiger partial charge is 0.433 e. The van der Waals surface area contributed by atoms with Crippen molar-refractivity contribution >= 4 is 63.8 Å². The third-order valence-corrected chi connectivity index (χ3v) is 4.88. The van der Waals surface area contributed by atoms with Crippen LogP contribution in [0.3, 0.4) is 0 Å². The minimum Gasteiger partial charge on any atom is -0.433 e. The molecule has 2 aromatic heterocycles. The lowest BCUT2D eigenvalue weighted by Crippen LogP contribution is -2.14. The topological polar surface area (TPSA) is 68.5 Å². The first-order valence-electron chi connectivity index (χ1n) is 7.20. The summed E-state index contributed by atoms with van der Waals surface area (Å²) in [5, 5.41) is 11.6. The number of alkyl halides is 2. The van der Waals surface area contributed by atoms with Gasteiger partial charge in [0.15, 0.2) is 10.8 Å². The first-order valence-corrected chi connectivity index (χ1v) is 9.32. The van der Waals surface area contributed by atoms with E-state index in [4.69, 9.17) is 34.8 Å². The number of pyridine rings is 1. The second-order valence-electron chi connectivity index (χ2n) is 5.04. The molecule has 12 heteroatoms. The molecule has 0 spiro atoms. The van der Waals surface area contributed by atoms with Gasteiger partial charge in [-0.2, -0.15) is 8.78 Å². The normalized spacial score (nSPS) is 11.2. The highest BCUT2D eigenvalue weighted by Gasteiger charge is 2.14. The molecule has 0 saturated carbocycles. The van der Waals surface area contributed by atoms with Crippen molar-refractivity contribution < 1.29 is 18.3 Å². The molecule has 6 nitrogen and oxygen atoms in total. The van der Waals surface area contributed by atoms with E-state index < -0.39 is 6.61 Å². The molecule has 142 valence electrons.